The van der Waals surface area contributed by atoms with Gasteiger partial charge >= 0.3 is 11.9 Å². The van der Waals surface area contributed by atoms with Gasteiger partial charge in [0, 0.05) is 40.3 Å². The number of amides is 1. The van der Waals surface area contributed by atoms with Gasteiger partial charge in [0.15, 0.2) is 0 Å². The molecule has 11 heteroatoms. The topological polar surface area (TPSA) is 98.2 Å². The fourth-order valence-corrected chi connectivity index (χ4v) is 5.37. The van der Waals surface area contributed by atoms with Crippen molar-refractivity contribution >= 4 is 55.4 Å². The molecule has 0 fully saturated rings. The third-order valence-electron chi connectivity index (χ3n) is 6.07. The van der Waals surface area contributed by atoms with Gasteiger partial charge in [0.2, 0.25) is 0 Å². The van der Waals surface area contributed by atoms with E-state index < -0.39 is 58.8 Å². The van der Waals surface area contributed by atoms with Crippen molar-refractivity contribution in [2.24, 2.45) is 5.41 Å². The van der Waals surface area contributed by atoms with Crippen molar-refractivity contribution in [2.45, 2.75) is 89.0 Å². The Kier molecular flexibility index (Phi) is 11.2. The maximum atomic E-state index is 15.4. The van der Waals surface area contributed by atoms with Crippen molar-refractivity contribution in [3.8, 4) is 0 Å². The first kappa shape index (κ1) is 33.3. The van der Waals surface area contributed by atoms with E-state index >= 15 is 8.78 Å². The number of anilines is 1. The molecule has 0 aliphatic carbocycles. The lowest BCUT2D eigenvalue weighted by Crippen LogP contribution is -2.69. The smallest absolute Gasteiger partial charge is 0.330 e. The Morgan fingerprint density at radius 1 is 0.919 bits per heavy atom. The van der Waals surface area contributed by atoms with E-state index in [0.717, 1.165) is 17.0 Å². The number of carbonyl (C=O) groups is 3. The highest BCUT2D eigenvalue weighted by molar-refractivity contribution is 9.09. The van der Waals surface area contributed by atoms with E-state index in [0.29, 0.717) is 13.1 Å². The van der Waals surface area contributed by atoms with E-state index in [1.54, 1.807) is 41.5 Å². The van der Waals surface area contributed by atoms with Crippen LogP contribution < -0.4 is 4.90 Å². The van der Waals surface area contributed by atoms with Crippen LogP contribution in [-0.4, -0.2) is 66.8 Å². The average molecular weight is 656 g/mol. The third-order valence-corrected chi connectivity index (χ3v) is 6.65. The van der Waals surface area contributed by atoms with Crippen LogP contribution in [0, 0.1) is 17.0 Å². The number of hydrogen-bond donors (Lipinski definition) is 2. The zero-order chi connectivity index (χ0) is 29.1. The summed E-state index contributed by atoms with van der Waals surface area (Å²) in [6.07, 6.45) is -0.914. The molecule has 2 unspecified atom stereocenters. The zero-order valence-electron chi connectivity index (χ0n) is 22.7. The highest BCUT2D eigenvalue weighted by Gasteiger charge is 2.58. The summed E-state index contributed by atoms with van der Waals surface area (Å²) < 4.78 is 30.9. The summed E-state index contributed by atoms with van der Waals surface area (Å²) in [6.45, 7) is 13.9. The number of alkyl halides is 2. The van der Waals surface area contributed by atoms with Crippen LogP contribution in [0.1, 0.15) is 78.6 Å². The zero-order valence-corrected chi connectivity index (χ0v) is 25.8. The molecule has 0 spiro atoms. The maximum absolute atomic E-state index is 15.4. The molecule has 0 heterocycles. The molecule has 7 nitrogen and oxygen atoms in total. The first-order valence-corrected chi connectivity index (χ1v) is 13.8. The van der Waals surface area contributed by atoms with Gasteiger partial charge in [-0.2, -0.15) is 0 Å². The van der Waals surface area contributed by atoms with Crippen molar-refractivity contribution in [1.82, 2.24) is 4.90 Å². The summed E-state index contributed by atoms with van der Waals surface area (Å²) in [5.41, 5.74) is -4.92. The van der Waals surface area contributed by atoms with Crippen LogP contribution in [0.25, 0.3) is 0 Å². The van der Waals surface area contributed by atoms with Crippen molar-refractivity contribution < 1.29 is 33.4 Å². The molecule has 3 atom stereocenters. The quantitative estimate of drug-likeness (QED) is 0.271. The van der Waals surface area contributed by atoms with E-state index in [1.165, 1.54) is 4.90 Å². The monoisotopic (exact) mass is 654 g/mol. The SMILES string of the molecule is CC(Br)CN(CC(C)Br)c1c(F)cc(C(=O)N(C(C)(C)C)[C@@](CCC(=O)O)(C(=O)O)C(C)(C)C)cc1F. The molecule has 0 saturated heterocycles. The number of carboxylic acid groups (broad SMARTS) is 2. The molecule has 1 amide bonds. The van der Waals surface area contributed by atoms with Gasteiger partial charge < -0.3 is 20.0 Å². The lowest BCUT2D eigenvalue weighted by atomic mass is 9.67. The molecule has 0 saturated carbocycles. The molecule has 1 aromatic carbocycles. The first-order chi connectivity index (χ1) is 16.7. The number of benzene rings is 1. The maximum Gasteiger partial charge on any atom is 0.330 e. The molecule has 1 rings (SSSR count). The van der Waals surface area contributed by atoms with Gasteiger partial charge in [-0.3, -0.25) is 9.59 Å². The molecule has 37 heavy (non-hydrogen) atoms. The molecule has 2 N–H and O–H groups in total. The summed E-state index contributed by atoms with van der Waals surface area (Å²) in [6, 6.07) is 1.83. The molecule has 0 aliphatic rings. The highest BCUT2D eigenvalue weighted by Crippen LogP contribution is 2.44. The summed E-state index contributed by atoms with van der Waals surface area (Å²) in [7, 11) is 0. The van der Waals surface area contributed by atoms with Gasteiger partial charge in [-0.1, -0.05) is 66.5 Å². The van der Waals surface area contributed by atoms with Crippen molar-refractivity contribution in [1.29, 1.82) is 0 Å². The number of halogens is 4. The Balaban J connectivity index is 3.83. The van der Waals surface area contributed by atoms with Crippen LogP contribution in [0.2, 0.25) is 0 Å². The molecular weight excluding hydrogens is 618 g/mol. The molecular formula is C26H38Br2F2N2O5. The number of aliphatic carboxylic acids is 2. The number of rotatable bonds is 11. The van der Waals surface area contributed by atoms with Gasteiger partial charge in [0.05, 0.1) is 0 Å². The Morgan fingerprint density at radius 2 is 1.35 bits per heavy atom. The van der Waals surface area contributed by atoms with Crippen LogP contribution in [0.15, 0.2) is 12.1 Å². The second-order valence-electron chi connectivity index (χ2n) is 11.4. The summed E-state index contributed by atoms with van der Waals surface area (Å²) in [4.78, 5) is 40.7. The Hall–Kier alpha value is -1.75. The van der Waals surface area contributed by atoms with E-state index in [4.69, 9.17) is 0 Å². The fraction of sp³-hybridized carbons (Fsp3) is 0.654. The predicted octanol–water partition coefficient (Wildman–Crippen LogP) is 6.31. The summed E-state index contributed by atoms with van der Waals surface area (Å²) >= 11 is 6.82. The molecule has 0 aliphatic heterocycles. The summed E-state index contributed by atoms with van der Waals surface area (Å²) in [5.74, 6) is -5.44. The standard InChI is InChI=1S/C26H38Br2F2N2O5/c1-15(27)13-31(14-16(2)28)21-18(29)11-17(12-19(21)30)22(35)32(25(6,7)8)26(23(36)37,24(3,4)5)10-9-20(33)34/h11-12,15-16H,9-10,13-14H2,1-8H3,(H,33,34)(H,36,37)/t15?,16?,26-/m0/s1. The minimum Gasteiger partial charge on any atom is -0.481 e. The molecule has 1 aromatic rings. The second kappa shape index (κ2) is 12.4. The van der Waals surface area contributed by atoms with Gasteiger partial charge in [-0.15, -0.1) is 0 Å². The van der Waals surface area contributed by atoms with Gasteiger partial charge in [-0.25, -0.2) is 13.6 Å². The van der Waals surface area contributed by atoms with Crippen LogP contribution >= 0.6 is 31.9 Å². The lowest BCUT2D eigenvalue weighted by Gasteiger charge is -2.54. The lowest BCUT2D eigenvalue weighted by molar-refractivity contribution is -0.164. The Labute approximate surface area is 234 Å². The van der Waals surface area contributed by atoms with E-state index in [-0.39, 0.29) is 20.9 Å². The molecule has 210 valence electrons. The predicted molar refractivity (Wildman–Crippen MR) is 148 cm³/mol. The minimum absolute atomic E-state index is 0.0764. The number of carbonyl (C=O) groups excluding carboxylic acids is 1. The summed E-state index contributed by atoms with van der Waals surface area (Å²) in [5, 5.41) is 19.8. The van der Waals surface area contributed by atoms with E-state index in [9.17, 15) is 24.6 Å². The van der Waals surface area contributed by atoms with Crippen molar-refractivity contribution in [3.05, 3.63) is 29.3 Å². The average Bonchev–Trinajstić information content (AvgIpc) is 2.66. The van der Waals surface area contributed by atoms with E-state index in [2.05, 4.69) is 31.9 Å². The Morgan fingerprint density at radius 3 is 1.65 bits per heavy atom. The van der Waals surface area contributed by atoms with Crippen LogP contribution in [-0.2, 0) is 9.59 Å². The normalized spacial score (nSPS) is 15.5. The fourth-order valence-electron chi connectivity index (χ4n) is 4.67. The third kappa shape index (κ3) is 7.88. The van der Waals surface area contributed by atoms with Crippen LogP contribution in [0.4, 0.5) is 14.5 Å². The number of hydrogen-bond acceptors (Lipinski definition) is 4. The minimum atomic E-state index is -1.99. The number of carboxylic acids is 2. The van der Waals surface area contributed by atoms with Gasteiger partial charge in [0.1, 0.15) is 22.9 Å². The highest BCUT2D eigenvalue weighted by atomic mass is 79.9. The van der Waals surface area contributed by atoms with Crippen LogP contribution in [0.5, 0.6) is 0 Å². The Bertz CT molecular complexity index is 973. The van der Waals surface area contributed by atoms with Crippen molar-refractivity contribution in [2.75, 3.05) is 18.0 Å². The largest absolute Gasteiger partial charge is 0.481 e. The molecule has 0 bridgehead atoms. The first-order valence-electron chi connectivity index (χ1n) is 12.0. The van der Waals surface area contributed by atoms with Crippen molar-refractivity contribution in [3.63, 3.8) is 0 Å². The molecule has 0 aromatic heterocycles. The van der Waals surface area contributed by atoms with E-state index in [1.807, 2.05) is 13.8 Å². The molecule has 0 radical (unpaired) electrons. The van der Waals surface area contributed by atoms with Gasteiger partial charge in [-0.05, 0) is 44.7 Å². The number of nitrogens with zero attached hydrogens (tertiary/aromatic N) is 2. The second-order valence-corrected chi connectivity index (χ2v) is 14.5. The van der Waals surface area contributed by atoms with Crippen LogP contribution in [0.3, 0.4) is 0 Å². The van der Waals surface area contributed by atoms with Gasteiger partial charge in [0.25, 0.3) is 5.91 Å².